The highest BCUT2D eigenvalue weighted by Gasteiger charge is 2.15. The number of ether oxygens (including phenoxy) is 1. The molecule has 0 radical (unpaired) electrons. The van der Waals surface area contributed by atoms with E-state index in [0.717, 1.165) is 11.1 Å². The summed E-state index contributed by atoms with van der Waals surface area (Å²) in [5.74, 6) is -0.0837. The van der Waals surface area contributed by atoms with Crippen molar-refractivity contribution >= 4 is 27.5 Å². The first-order valence-electron chi connectivity index (χ1n) is 7.04. The van der Waals surface area contributed by atoms with Gasteiger partial charge in [-0.25, -0.2) is 8.42 Å². The van der Waals surface area contributed by atoms with Gasteiger partial charge >= 0.3 is 0 Å². The van der Waals surface area contributed by atoms with Gasteiger partial charge in [0.15, 0.2) is 6.61 Å². The van der Waals surface area contributed by atoms with E-state index in [1.165, 1.54) is 24.3 Å². The Balaban J connectivity index is 1.88. The molecular formula is C16H17ClN2O4S. The van der Waals surface area contributed by atoms with Crippen LogP contribution < -0.4 is 15.0 Å². The fourth-order valence-corrected chi connectivity index (χ4v) is 2.77. The molecule has 128 valence electrons. The van der Waals surface area contributed by atoms with E-state index >= 15 is 0 Å². The van der Waals surface area contributed by atoms with Gasteiger partial charge in [0.25, 0.3) is 15.9 Å². The zero-order valence-electron chi connectivity index (χ0n) is 13.2. The van der Waals surface area contributed by atoms with E-state index < -0.39 is 15.9 Å². The molecule has 0 aliphatic heterocycles. The SMILES string of the molecule is Cc1ccc(OCC(=O)NNS(=O)(=O)c2ccc(Cl)cc2)cc1C. The maximum Gasteiger partial charge on any atom is 0.272 e. The standard InChI is InChI=1S/C16H17ClN2O4S/c1-11-3-6-14(9-12(11)2)23-10-16(20)18-19-24(21,22)15-7-4-13(17)5-8-15/h3-9,19H,10H2,1-2H3,(H,18,20). The molecule has 0 aromatic heterocycles. The zero-order chi connectivity index (χ0) is 17.7. The monoisotopic (exact) mass is 368 g/mol. The summed E-state index contributed by atoms with van der Waals surface area (Å²) < 4.78 is 29.3. The normalized spacial score (nSPS) is 11.1. The number of halogens is 1. The molecule has 2 N–H and O–H groups in total. The highest BCUT2D eigenvalue weighted by atomic mass is 35.5. The van der Waals surface area contributed by atoms with E-state index in [9.17, 15) is 13.2 Å². The number of sulfonamides is 1. The summed E-state index contributed by atoms with van der Waals surface area (Å²) in [6.45, 7) is 3.59. The molecule has 24 heavy (non-hydrogen) atoms. The van der Waals surface area contributed by atoms with Crippen LogP contribution in [-0.4, -0.2) is 20.9 Å². The van der Waals surface area contributed by atoms with Gasteiger partial charge in [-0.3, -0.25) is 10.2 Å². The summed E-state index contributed by atoms with van der Waals surface area (Å²) in [5.41, 5.74) is 4.25. The van der Waals surface area contributed by atoms with Crippen molar-refractivity contribution in [2.24, 2.45) is 0 Å². The number of carbonyl (C=O) groups excluding carboxylic acids is 1. The Labute approximate surface area is 145 Å². The Bertz CT molecular complexity index is 836. The van der Waals surface area contributed by atoms with Crippen LogP contribution in [0.2, 0.25) is 5.02 Å². The summed E-state index contributed by atoms with van der Waals surface area (Å²) >= 11 is 5.71. The van der Waals surface area contributed by atoms with Crippen LogP contribution in [0.15, 0.2) is 47.4 Å². The third-order valence-electron chi connectivity index (χ3n) is 3.30. The lowest BCUT2D eigenvalue weighted by atomic mass is 10.1. The predicted octanol–water partition coefficient (Wildman–Crippen LogP) is 2.35. The fraction of sp³-hybridized carbons (Fsp3) is 0.188. The van der Waals surface area contributed by atoms with Gasteiger partial charge in [-0.15, -0.1) is 4.83 Å². The van der Waals surface area contributed by atoms with Crippen LogP contribution in [-0.2, 0) is 14.8 Å². The molecule has 6 nitrogen and oxygen atoms in total. The van der Waals surface area contributed by atoms with Crippen molar-refractivity contribution in [3.8, 4) is 5.75 Å². The van der Waals surface area contributed by atoms with Crippen LogP contribution in [0.1, 0.15) is 11.1 Å². The van der Waals surface area contributed by atoms with Crippen molar-refractivity contribution in [1.29, 1.82) is 0 Å². The molecule has 0 unspecified atom stereocenters. The quantitative estimate of drug-likeness (QED) is 0.766. The number of benzene rings is 2. The number of hydrogen-bond acceptors (Lipinski definition) is 4. The van der Waals surface area contributed by atoms with Crippen molar-refractivity contribution in [3.63, 3.8) is 0 Å². The van der Waals surface area contributed by atoms with Gasteiger partial charge in [-0.2, -0.15) is 0 Å². The van der Waals surface area contributed by atoms with Crippen molar-refractivity contribution in [3.05, 3.63) is 58.6 Å². The van der Waals surface area contributed by atoms with Crippen LogP contribution in [0.3, 0.4) is 0 Å². The molecule has 2 rings (SSSR count). The highest BCUT2D eigenvalue weighted by molar-refractivity contribution is 7.89. The first-order valence-corrected chi connectivity index (χ1v) is 8.90. The van der Waals surface area contributed by atoms with Gasteiger partial charge in [0.2, 0.25) is 0 Å². The molecule has 2 aromatic carbocycles. The van der Waals surface area contributed by atoms with Gasteiger partial charge in [0, 0.05) is 5.02 Å². The number of aryl methyl sites for hydroxylation is 2. The van der Waals surface area contributed by atoms with Crippen LogP contribution in [0.4, 0.5) is 0 Å². The van der Waals surface area contributed by atoms with E-state index in [2.05, 4.69) is 5.43 Å². The van der Waals surface area contributed by atoms with Crippen LogP contribution in [0, 0.1) is 13.8 Å². The molecule has 0 bridgehead atoms. The first kappa shape index (κ1) is 18.3. The Hall–Kier alpha value is -2.09. The van der Waals surface area contributed by atoms with E-state index in [-0.39, 0.29) is 11.5 Å². The van der Waals surface area contributed by atoms with E-state index in [1.807, 2.05) is 24.7 Å². The second-order valence-electron chi connectivity index (χ2n) is 5.14. The van der Waals surface area contributed by atoms with Gasteiger partial charge in [-0.1, -0.05) is 17.7 Å². The number of nitrogens with one attached hydrogen (secondary N) is 2. The van der Waals surface area contributed by atoms with Crippen molar-refractivity contribution in [2.45, 2.75) is 18.7 Å². The smallest absolute Gasteiger partial charge is 0.272 e. The van der Waals surface area contributed by atoms with Crippen LogP contribution in [0.25, 0.3) is 0 Å². The average Bonchev–Trinajstić information content (AvgIpc) is 2.54. The summed E-state index contributed by atoms with van der Waals surface area (Å²) in [4.78, 5) is 13.7. The Kier molecular flexibility index (Phi) is 5.82. The van der Waals surface area contributed by atoms with Gasteiger partial charge in [0.1, 0.15) is 5.75 Å². The minimum Gasteiger partial charge on any atom is -0.484 e. The van der Waals surface area contributed by atoms with Crippen molar-refractivity contribution < 1.29 is 17.9 Å². The number of hydrazine groups is 1. The molecule has 1 amide bonds. The molecule has 0 aliphatic carbocycles. The molecule has 0 fully saturated rings. The maximum absolute atomic E-state index is 12.0. The van der Waals surface area contributed by atoms with Crippen LogP contribution in [0.5, 0.6) is 5.75 Å². The molecule has 0 heterocycles. The molecule has 0 saturated heterocycles. The summed E-state index contributed by atoms with van der Waals surface area (Å²) in [7, 11) is -3.86. The van der Waals surface area contributed by atoms with Gasteiger partial charge in [0.05, 0.1) is 4.90 Å². The van der Waals surface area contributed by atoms with E-state index in [0.29, 0.717) is 10.8 Å². The highest BCUT2D eigenvalue weighted by Crippen LogP contribution is 2.16. The fourth-order valence-electron chi connectivity index (χ4n) is 1.79. The maximum atomic E-state index is 12.0. The molecular weight excluding hydrogens is 352 g/mol. The lowest BCUT2D eigenvalue weighted by molar-refractivity contribution is -0.123. The molecule has 8 heteroatoms. The Morgan fingerprint density at radius 1 is 1.08 bits per heavy atom. The number of carbonyl (C=O) groups is 1. The third-order valence-corrected chi connectivity index (χ3v) is 4.81. The molecule has 0 saturated carbocycles. The average molecular weight is 369 g/mol. The lowest BCUT2D eigenvalue weighted by Crippen LogP contribution is -2.43. The minimum absolute atomic E-state index is 0.0118. The molecule has 0 spiro atoms. The number of hydrogen-bond donors (Lipinski definition) is 2. The summed E-state index contributed by atoms with van der Waals surface area (Å²) in [6.07, 6.45) is 0. The van der Waals surface area contributed by atoms with Crippen LogP contribution >= 0.6 is 11.6 Å². The zero-order valence-corrected chi connectivity index (χ0v) is 14.7. The second kappa shape index (κ2) is 7.65. The third kappa shape index (κ3) is 4.95. The minimum atomic E-state index is -3.86. The number of rotatable bonds is 6. The van der Waals surface area contributed by atoms with E-state index in [4.69, 9.17) is 16.3 Å². The second-order valence-corrected chi connectivity index (χ2v) is 7.26. The van der Waals surface area contributed by atoms with Crippen molar-refractivity contribution in [2.75, 3.05) is 6.61 Å². The summed E-state index contributed by atoms with van der Waals surface area (Å²) in [6, 6.07) is 11.0. The topological polar surface area (TPSA) is 84.5 Å². The van der Waals surface area contributed by atoms with Gasteiger partial charge in [-0.05, 0) is 61.4 Å². The van der Waals surface area contributed by atoms with Gasteiger partial charge < -0.3 is 4.74 Å². The Morgan fingerprint density at radius 2 is 1.75 bits per heavy atom. The molecule has 0 atom stereocenters. The predicted molar refractivity (Wildman–Crippen MR) is 91.3 cm³/mol. The molecule has 2 aromatic rings. The number of amides is 1. The largest absolute Gasteiger partial charge is 0.484 e. The molecule has 0 aliphatic rings. The first-order chi connectivity index (χ1) is 11.3. The van der Waals surface area contributed by atoms with E-state index in [1.54, 1.807) is 12.1 Å². The summed E-state index contributed by atoms with van der Waals surface area (Å²) in [5, 5.41) is 0.416. The Morgan fingerprint density at radius 3 is 2.38 bits per heavy atom. The van der Waals surface area contributed by atoms with Crippen molar-refractivity contribution in [1.82, 2.24) is 10.3 Å². The lowest BCUT2D eigenvalue weighted by Gasteiger charge is -2.10.